The van der Waals surface area contributed by atoms with Crippen LogP contribution >= 0.6 is 39.3 Å². The van der Waals surface area contributed by atoms with Crippen molar-refractivity contribution in [1.29, 1.82) is 0 Å². The van der Waals surface area contributed by atoms with Crippen LogP contribution in [-0.4, -0.2) is 21.0 Å². The summed E-state index contributed by atoms with van der Waals surface area (Å²) in [4.78, 5) is 19.1. The maximum Gasteiger partial charge on any atom is 0.356 e. The predicted octanol–water partition coefficient (Wildman–Crippen LogP) is 3.74. The summed E-state index contributed by atoms with van der Waals surface area (Å²) in [5.74, 6) is -1.15. The third-order valence-electron chi connectivity index (χ3n) is 1.95. The average molecular weight is 346 g/mol. The molecule has 0 bridgehead atoms. The highest BCUT2D eigenvalue weighted by Crippen LogP contribution is 2.31. The largest absolute Gasteiger partial charge is 0.476 e. The molecule has 0 radical (unpaired) electrons. The number of halogens is 2. The van der Waals surface area contributed by atoms with Crippen LogP contribution in [0.1, 0.15) is 10.5 Å². The molecule has 0 unspecified atom stereocenters. The molecular weight excluding hydrogens is 340 g/mol. The summed E-state index contributed by atoms with van der Waals surface area (Å²) in [6.45, 7) is 0. The van der Waals surface area contributed by atoms with Crippen molar-refractivity contribution in [1.82, 2.24) is 9.97 Å². The molecule has 2 heterocycles. The normalized spacial score (nSPS) is 10.3. The van der Waals surface area contributed by atoms with E-state index in [2.05, 4.69) is 25.9 Å². The fourth-order valence-electron chi connectivity index (χ4n) is 1.18. The second-order valence-electron chi connectivity index (χ2n) is 3.18. The molecule has 0 aliphatic heterocycles. The summed E-state index contributed by atoms with van der Waals surface area (Å²) in [6, 6.07) is 6.81. The van der Waals surface area contributed by atoms with E-state index in [4.69, 9.17) is 16.7 Å². The molecule has 2 aromatic rings. The Kier molecular flexibility index (Phi) is 4.21. The van der Waals surface area contributed by atoms with E-state index in [1.807, 2.05) is 6.07 Å². The van der Waals surface area contributed by atoms with Gasteiger partial charge in [-0.15, -0.1) is 0 Å². The number of hydrogen-bond donors (Lipinski definition) is 1. The minimum Gasteiger partial charge on any atom is -0.476 e. The first-order chi connectivity index (χ1) is 8.58. The van der Waals surface area contributed by atoms with Crippen molar-refractivity contribution in [3.8, 4) is 0 Å². The minimum absolute atomic E-state index is 0.118. The monoisotopic (exact) mass is 344 g/mol. The van der Waals surface area contributed by atoms with Crippen molar-refractivity contribution in [3.05, 3.63) is 45.7 Å². The number of rotatable bonds is 3. The second kappa shape index (κ2) is 5.69. The number of carboxylic acid groups (broad SMARTS) is 1. The van der Waals surface area contributed by atoms with Crippen LogP contribution in [-0.2, 0) is 0 Å². The van der Waals surface area contributed by atoms with E-state index < -0.39 is 5.97 Å². The van der Waals surface area contributed by atoms with E-state index >= 15 is 0 Å². The van der Waals surface area contributed by atoms with E-state index in [0.717, 1.165) is 4.47 Å². The molecule has 1 N–H and O–H groups in total. The first kappa shape index (κ1) is 13.3. The maximum atomic E-state index is 10.9. The zero-order valence-electron chi connectivity index (χ0n) is 8.80. The first-order valence-corrected chi connectivity index (χ1v) is 6.75. The Morgan fingerprint density at radius 1 is 1.39 bits per heavy atom. The van der Waals surface area contributed by atoms with Gasteiger partial charge in [-0.2, -0.15) is 0 Å². The zero-order valence-corrected chi connectivity index (χ0v) is 12.0. The molecule has 2 rings (SSSR count). The molecule has 0 saturated carbocycles. The van der Waals surface area contributed by atoms with Crippen molar-refractivity contribution in [2.45, 2.75) is 10.1 Å². The van der Waals surface area contributed by atoms with Gasteiger partial charge in [-0.05, 0) is 52.0 Å². The SMILES string of the molecule is O=C(O)c1nc(Sc2ncccc2Br)ccc1Cl. The molecule has 7 heteroatoms. The summed E-state index contributed by atoms with van der Waals surface area (Å²) in [5, 5.41) is 10.3. The fourth-order valence-corrected chi connectivity index (χ4v) is 2.61. The van der Waals surface area contributed by atoms with Gasteiger partial charge in [-0.1, -0.05) is 11.6 Å². The molecule has 0 atom stereocenters. The van der Waals surface area contributed by atoms with Crippen LogP contribution in [0.3, 0.4) is 0 Å². The number of aromatic nitrogens is 2. The van der Waals surface area contributed by atoms with Gasteiger partial charge in [-0.3, -0.25) is 0 Å². The quantitative estimate of drug-likeness (QED) is 0.918. The van der Waals surface area contributed by atoms with Gasteiger partial charge in [0.1, 0.15) is 10.1 Å². The van der Waals surface area contributed by atoms with Crippen LogP contribution in [0.4, 0.5) is 0 Å². The van der Waals surface area contributed by atoms with Crippen LogP contribution in [0, 0.1) is 0 Å². The van der Waals surface area contributed by atoms with Gasteiger partial charge < -0.3 is 5.11 Å². The third kappa shape index (κ3) is 3.01. The van der Waals surface area contributed by atoms with Crippen molar-refractivity contribution in [3.63, 3.8) is 0 Å². The van der Waals surface area contributed by atoms with Crippen LogP contribution in [0.5, 0.6) is 0 Å². The molecule has 0 aliphatic rings. The first-order valence-electron chi connectivity index (χ1n) is 4.76. The van der Waals surface area contributed by atoms with Gasteiger partial charge in [0.2, 0.25) is 0 Å². The smallest absolute Gasteiger partial charge is 0.356 e. The predicted molar refractivity (Wildman–Crippen MR) is 72.3 cm³/mol. The topological polar surface area (TPSA) is 63.1 Å². The van der Waals surface area contributed by atoms with E-state index in [1.165, 1.54) is 17.8 Å². The van der Waals surface area contributed by atoms with Crippen molar-refractivity contribution in [2.24, 2.45) is 0 Å². The molecule has 0 aliphatic carbocycles. The molecule has 92 valence electrons. The van der Waals surface area contributed by atoms with E-state index in [9.17, 15) is 4.79 Å². The lowest BCUT2D eigenvalue weighted by Crippen LogP contribution is -2.01. The second-order valence-corrected chi connectivity index (χ2v) is 5.45. The van der Waals surface area contributed by atoms with Gasteiger partial charge >= 0.3 is 5.97 Å². The van der Waals surface area contributed by atoms with Crippen LogP contribution in [0.25, 0.3) is 0 Å². The van der Waals surface area contributed by atoms with Gasteiger partial charge in [0.05, 0.1) is 9.50 Å². The average Bonchev–Trinajstić information content (AvgIpc) is 2.34. The van der Waals surface area contributed by atoms with Crippen molar-refractivity contribution >= 4 is 45.3 Å². The summed E-state index contributed by atoms with van der Waals surface area (Å²) in [7, 11) is 0. The van der Waals surface area contributed by atoms with Gasteiger partial charge in [0, 0.05) is 6.20 Å². The highest BCUT2D eigenvalue weighted by atomic mass is 79.9. The molecule has 0 aromatic carbocycles. The summed E-state index contributed by atoms with van der Waals surface area (Å²) < 4.78 is 0.823. The third-order valence-corrected chi connectivity index (χ3v) is 4.11. The lowest BCUT2D eigenvalue weighted by molar-refractivity contribution is 0.0690. The van der Waals surface area contributed by atoms with Gasteiger partial charge in [0.25, 0.3) is 0 Å². The highest BCUT2D eigenvalue weighted by Gasteiger charge is 2.13. The van der Waals surface area contributed by atoms with Crippen molar-refractivity contribution in [2.75, 3.05) is 0 Å². The standard InChI is InChI=1S/C11H6BrClN2O2S/c12-6-2-1-5-14-10(6)18-8-4-3-7(13)9(15-8)11(16)17/h1-5H,(H,16,17). The summed E-state index contributed by atoms with van der Waals surface area (Å²) in [5.41, 5.74) is -0.159. The van der Waals surface area contributed by atoms with Crippen LogP contribution in [0.2, 0.25) is 5.02 Å². The minimum atomic E-state index is -1.15. The Labute approximate surface area is 121 Å². The van der Waals surface area contributed by atoms with Gasteiger partial charge in [-0.25, -0.2) is 14.8 Å². The zero-order chi connectivity index (χ0) is 13.1. The Hall–Kier alpha value is -1.11. The Balaban J connectivity index is 2.33. The molecular formula is C11H6BrClN2O2S. The number of hydrogen-bond acceptors (Lipinski definition) is 4. The highest BCUT2D eigenvalue weighted by molar-refractivity contribution is 9.10. The Morgan fingerprint density at radius 2 is 2.17 bits per heavy atom. The van der Waals surface area contributed by atoms with Crippen molar-refractivity contribution < 1.29 is 9.90 Å². The Morgan fingerprint density at radius 3 is 2.83 bits per heavy atom. The molecule has 0 spiro atoms. The number of nitrogens with zero attached hydrogens (tertiary/aromatic N) is 2. The maximum absolute atomic E-state index is 10.9. The number of carbonyl (C=O) groups is 1. The van der Waals surface area contributed by atoms with E-state index in [0.29, 0.717) is 10.1 Å². The number of carboxylic acids is 1. The van der Waals surface area contributed by atoms with Crippen LogP contribution < -0.4 is 0 Å². The van der Waals surface area contributed by atoms with E-state index in [-0.39, 0.29) is 10.7 Å². The number of aromatic carboxylic acids is 1. The molecule has 0 saturated heterocycles. The molecule has 4 nitrogen and oxygen atoms in total. The molecule has 0 amide bonds. The van der Waals surface area contributed by atoms with E-state index in [1.54, 1.807) is 18.3 Å². The lowest BCUT2D eigenvalue weighted by Gasteiger charge is -2.04. The summed E-state index contributed by atoms with van der Waals surface area (Å²) in [6.07, 6.45) is 1.65. The molecule has 2 aromatic heterocycles. The Bertz CT molecular complexity index is 609. The summed E-state index contributed by atoms with van der Waals surface area (Å²) >= 11 is 10.4. The number of pyridine rings is 2. The molecule has 18 heavy (non-hydrogen) atoms. The van der Waals surface area contributed by atoms with Crippen LogP contribution in [0.15, 0.2) is 45.0 Å². The lowest BCUT2D eigenvalue weighted by atomic mass is 10.3. The molecule has 0 fully saturated rings. The fraction of sp³-hybridized carbons (Fsp3) is 0. The van der Waals surface area contributed by atoms with Gasteiger partial charge in [0.15, 0.2) is 5.69 Å².